The van der Waals surface area contributed by atoms with Crippen molar-refractivity contribution in [3.05, 3.63) is 59.4 Å². The molecule has 142 valence electrons. The third-order valence-electron chi connectivity index (χ3n) is 3.05. The van der Waals surface area contributed by atoms with E-state index in [1.165, 1.54) is 18.2 Å². The van der Waals surface area contributed by atoms with Crippen molar-refractivity contribution in [1.29, 1.82) is 0 Å². The summed E-state index contributed by atoms with van der Waals surface area (Å²) in [5.74, 6) is -2.01. The maximum absolute atomic E-state index is 13.0. The normalized spacial score (nSPS) is 10.1. The number of benzene rings is 2. The zero-order chi connectivity index (χ0) is 19.6. The quantitative estimate of drug-likeness (QED) is 0.652. The number of anilines is 2. The fourth-order valence-corrected chi connectivity index (χ4v) is 2.64. The summed E-state index contributed by atoms with van der Waals surface area (Å²) in [6.45, 7) is -0.493. The Morgan fingerprint density at radius 1 is 0.963 bits per heavy atom. The molecule has 0 saturated heterocycles. The van der Waals surface area contributed by atoms with E-state index in [9.17, 15) is 18.8 Å². The van der Waals surface area contributed by atoms with Gasteiger partial charge in [-0.2, -0.15) is 0 Å². The molecule has 2 aromatic carbocycles. The minimum Gasteiger partial charge on any atom is -0.455 e. The van der Waals surface area contributed by atoms with Crippen LogP contribution in [-0.2, 0) is 19.1 Å². The molecule has 0 bridgehead atoms. The summed E-state index contributed by atoms with van der Waals surface area (Å²) in [6, 6.07) is 12.0. The highest BCUT2D eigenvalue weighted by Crippen LogP contribution is 2.14. The number of ether oxygens (including phenoxy) is 1. The van der Waals surface area contributed by atoms with Gasteiger partial charge >= 0.3 is 5.97 Å². The van der Waals surface area contributed by atoms with Gasteiger partial charge in [0.25, 0.3) is 5.91 Å². The number of nitrogens with one attached hydrogen (secondary N) is 2. The molecule has 0 atom stereocenters. The van der Waals surface area contributed by atoms with Crippen LogP contribution in [0.15, 0.2) is 48.5 Å². The highest BCUT2D eigenvalue weighted by Gasteiger charge is 2.10. The van der Waals surface area contributed by atoms with Gasteiger partial charge in [-0.3, -0.25) is 14.4 Å². The molecule has 2 rings (SSSR count). The second kappa shape index (κ2) is 10.5. The Morgan fingerprint density at radius 3 is 2.37 bits per heavy atom. The first-order valence-electron chi connectivity index (χ1n) is 7.76. The molecule has 0 aliphatic heterocycles. The third kappa shape index (κ3) is 8.10. The molecular formula is C18H16ClFN2O4S. The molecule has 0 saturated carbocycles. The Kier molecular flexibility index (Phi) is 8.09. The van der Waals surface area contributed by atoms with Crippen molar-refractivity contribution in [3.8, 4) is 0 Å². The topological polar surface area (TPSA) is 84.5 Å². The summed E-state index contributed by atoms with van der Waals surface area (Å²) in [5, 5.41) is 5.63. The van der Waals surface area contributed by atoms with E-state index in [1.54, 1.807) is 24.3 Å². The zero-order valence-electron chi connectivity index (χ0n) is 14.0. The predicted octanol–water partition coefficient (Wildman–Crippen LogP) is 3.33. The fraction of sp³-hybridized carbons (Fsp3) is 0.167. The number of amides is 2. The molecule has 2 aromatic rings. The molecule has 0 heterocycles. The van der Waals surface area contributed by atoms with E-state index in [4.69, 9.17) is 16.3 Å². The molecule has 0 aliphatic rings. The van der Waals surface area contributed by atoms with E-state index < -0.39 is 24.3 Å². The van der Waals surface area contributed by atoms with Crippen molar-refractivity contribution in [1.82, 2.24) is 0 Å². The van der Waals surface area contributed by atoms with Crippen molar-refractivity contribution < 1.29 is 23.5 Å². The van der Waals surface area contributed by atoms with Crippen LogP contribution in [0.3, 0.4) is 0 Å². The molecule has 0 spiro atoms. The maximum atomic E-state index is 13.0. The smallest absolute Gasteiger partial charge is 0.316 e. The number of thioether (sulfide) groups is 1. The average molecular weight is 411 g/mol. The van der Waals surface area contributed by atoms with Crippen LogP contribution in [0, 0.1) is 5.82 Å². The Balaban J connectivity index is 1.62. The van der Waals surface area contributed by atoms with Crippen LogP contribution in [0.2, 0.25) is 5.02 Å². The fourth-order valence-electron chi connectivity index (χ4n) is 1.91. The van der Waals surface area contributed by atoms with E-state index in [1.807, 2.05) is 0 Å². The highest BCUT2D eigenvalue weighted by molar-refractivity contribution is 8.00. The number of carbonyl (C=O) groups is 3. The number of esters is 1. The Bertz CT molecular complexity index is 817. The summed E-state index contributed by atoms with van der Waals surface area (Å²) in [4.78, 5) is 35.0. The minimum absolute atomic E-state index is 0.0488. The first kappa shape index (κ1) is 20.7. The van der Waals surface area contributed by atoms with Crippen molar-refractivity contribution in [2.24, 2.45) is 0 Å². The summed E-state index contributed by atoms with van der Waals surface area (Å²) >= 11 is 6.81. The van der Waals surface area contributed by atoms with Gasteiger partial charge in [-0.15, -0.1) is 11.8 Å². The highest BCUT2D eigenvalue weighted by atomic mass is 35.5. The SMILES string of the molecule is O=C(COC(=O)CSCC(=O)Nc1ccc(Cl)cc1)Nc1cccc(F)c1. The molecule has 2 N–H and O–H groups in total. The Morgan fingerprint density at radius 2 is 1.67 bits per heavy atom. The molecule has 0 fully saturated rings. The van der Waals surface area contributed by atoms with Gasteiger partial charge in [-0.25, -0.2) is 4.39 Å². The van der Waals surface area contributed by atoms with Crippen molar-refractivity contribution in [2.75, 3.05) is 28.7 Å². The van der Waals surface area contributed by atoms with Gasteiger partial charge in [0.15, 0.2) is 6.61 Å². The minimum atomic E-state index is -0.631. The monoisotopic (exact) mass is 410 g/mol. The molecule has 0 unspecified atom stereocenters. The number of rotatable bonds is 8. The van der Waals surface area contributed by atoms with Gasteiger partial charge in [0.2, 0.25) is 5.91 Å². The van der Waals surface area contributed by atoms with Crippen molar-refractivity contribution in [3.63, 3.8) is 0 Å². The number of carbonyl (C=O) groups excluding carboxylic acids is 3. The van der Waals surface area contributed by atoms with Gasteiger partial charge in [0.05, 0.1) is 11.5 Å². The summed E-state index contributed by atoms with van der Waals surface area (Å²) in [7, 11) is 0. The van der Waals surface area contributed by atoms with Crippen LogP contribution in [0.25, 0.3) is 0 Å². The number of halogens is 2. The van der Waals surface area contributed by atoms with Gasteiger partial charge in [-0.1, -0.05) is 17.7 Å². The average Bonchev–Trinajstić information content (AvgIpc) is 2.62. The lowest BCUT2D eigenvalue weighted by molar-refractivity contribution is -0.144. The molecule has 9 heteroatoms. The number of hydrogen-bond acceptors (Lipinski definition) is 5. The summed E-state index contributed by atoms with van der Waals surface area (Å²) < 4.78 is 17.8. The van der Waals surface area contributed by atoms with Crippen molar-refractivity contribution in [2.45, 2.75) is 0 Å². The third-order valence-corrected chi connectivity index (χ3v) is 4.21. The number of hydrogen-bond donors (Lipinski definition) is 2. The summed E-state index contributed by atoms with van der Waals surface area (Å²) in [6.07, 6.45) is 0. The molecule has 0 aromatic heterocycles. The molecule has 27 heavy (non-hydrogen) atoms. The van der Waals surface area contributed by atoms with Gasteiger partial charge in [-0.05, 0) is 42.5 Å². The Hall–Kier alpha value is -2.58. The molecule has 2 amide bonds. The standard InChI is InChI=1S/C18H16ClFN2O4S/c19-12-4-6-14(7-5-12)21-17(24)10-27-11-18(25)26-9-16(23)22-15-3-1-2-13(20)8-15/h1-8H,9-11H2,(H,21,24)(H,22,23). The van der Waals surface area contributed by atoms with Gasteiger partial charge in [0, 0.05) is 16.4 Å². The van der Waals surface area contributed by atoms with Gasteiger partial charge < -0.3 is 15.4 Å². The largest absolute Gasteiger partial charge is 0.455 e. The van der Waals surface area contributed by atoms with E-state index in [0.29, 0.717) is 10.7 Å². The molecule has 6 nitrogen and oxygen atoms in total. The summed E-state index contributed by atoms with van der Waals surface area (Å²) in [5.41, 5.74) is 0.867. The van der Waals surface area contributed by atoms with E-state index in [0.717, 1.165) is 17.8 Å². The van der Waals surface area contributed by atoms with E-state index in [2.05, 4.69) is 10.6 Å². The molecule has 0 aliphatic carbocycles. The van der Waals surface area contributed by atoms with E-state index in [-0.39, 0.29) is 23.1 Å². The van der Waals surface area contributed by atoms with Crippen LogP contribution in [0.5, 0.6) is 0 Å². The van der Waals surface area contributed by atoms with Crippen LogP contribution in [0.1, 0.15) is 0 Å². The van der Waals surface area contributed by atoms with Crippen molar-refractivity contribution >= 4 is 52.5 Å². The van der Waals surface area contributed by atoms with Gasteiger partial charge in [0.1, 0.15) is 5.82 Å². The second-order valence-corrected chi connectivity index (χ2v) is 6.69. The van der Waals surface area contributed by atoms with Crippen LogP contribution in [-0.4, -0.2) is 35.9 Å². The second-order valence-electron chi connectivity index (χ2n) is 5.27. The Labute approximate surface area is 164 Å². The van der Waals surface area contributed by atoms with Crippen LogP contribution >= 0.6 is 23.4 Å². The molecule has 0 radical (unpaired) electrons. The van der Waals surface area contributed by atoms with Crippen LogP contribution < -0.4 is 10.6 Å². The predicted molar refractivity (Wildman–Crippen MR) is 103 cm³/mol. The molecular weight excluding hydrogens is 395 g/mol. The lowest BCUT2D eigenvalue weighted by atomic mass is 10.3. The first-order chi connectivity index (χ1) is 12.9. The van der Waals surface area contributed by atoms with Crippen LogP contribution in [0.4, 0.5) is 15.8 Å². The first-order valence-corrected chi connectivity index (χ1v) is 9.30. The maximum Gasteiger partial charge on any atom is 0.316 e. The van der Waals surface area contributed by atoms with E-state index >= 15 is 0 Å². The zero-order valence-corrected chi connectivity index (χ0v) is 15.6. The lowest BCUT2D eigenvalue weighted by Gasteiger charge is -2.07. The lowest BCUT2D eigenvalue weighted by Crippen LogP contribution is -2.22.